The Morgan fingerprint density at radius 2 is 1.19 bits per heavy atom. The summed E-state index contributed by atoms with van der Waals surface area (Å²) in [6, 6.07) is 0. The van der Waals surface area contributed by atoms with Gasteiger partial charge in [-0.05, 0) is 27.7 Å². The third-order valence-electron chi connectivity index (χ3n) is 2.73. The van der Waals surface area contributed by atoms with E-state index in [-0.39, 0.29) is 39.6 Å². The molecule has 0 aromatic rings. The molecule has 0 heterocycles. The fraction of sp³-hybridized carbons (Fsp3) is 0.875. The van der Waals surface area contributed by atoms with Crippen molar-refractivity contribution >= 4 is 12.3 Å². The van der Waals surface area contributed by atoms with Crippen LogP contribution in [-0.2, 0) is 33.3 Å². The van der Waals surface area contributed by atoms with Gasteiger partial charge in [0.15, 0.2) is 0 Å². The third-order valence-corrected chi connectivity index (χ3v) is 2.73. The van der Waals surface area contributed by atoms with Crippen LogP contribution in [0.15, 0.2) is 0 Å². The van der Waals surface area contributed by atoms with Gasteiger partial charge in [-0.3, -0.25) is 5.26 Å². The second-order valence-corrected chi connectivity index (χ2v) is 5.89. The molecule has 0 aromatic heterocycles. The zero-order valence-electron chi connectivity index (χ0n) is 16.1. The molecule has 2 N–H and O–H groups in total. The molecular weight excluding hydrogens is 368 g/mol. The van der Waals surface area contributed by atoms with Crippen LogP contribution >= 0.6 is 0 Å². The molecule has 0 aliphatic rings. The highest BCUT2D eigenvalue weighted by Crippen LogP contribution is 1.99. The maximum Gasteiger partial charge on any atom is 0.508 e. The highest BCUT2D eigenvalue weighted by Gasteiger charge is 2.14. The molecule has 11 nitrogen and oxygen atoms in total. The molecule has 0 radical (unpaired) electrons. The summed E-state index contributed by atoms with van der Waals surface area (Å²) in [5.74, 6) is 0. The van der Waals surface area contributed by atoms with Gasteiger partial charge in [-0.25, -0.2) is 14.5 Å². The zero-order chi connectivity index (χ0) is 20.7. The van der Waals surface area contributed by atoms with E-state index in [0.29, 0.717) is 0 Å². The van der Waals surface area contributed by atoms with Crippen molar-refractivity contribution in [2.75, 3.05) is 39.6 Å². The lowest BCUT2D eigenvalue weighted by molar-refractivity contribution is -0.280. The minimum atomic E-state index is -0.889. The quantitative estimate of drug-likeness (QED) is 0.190. The molecule has 0 saturated heterocycles. The zero-order valence-corrected chi connectivity index (χ0v) is 16.1. The first kappa shape index (κ1) is 25.3. The van der Waals surface area contributed by atoms with Gasteiger partial charge in [-0.15, -0.1) is 0 Å². The van der Waals surface area contributed by atoms with Crippen LogP contribution in [0, 0.1) is 0 Å². The average Bonchev–Trinajstić information content (AvgIpc) is 2.60. The maximum absolute atomic E-state index is 11.3. The second kappa shape index (κ2) is 15.4. The standard InChI is InChI=1S/C16H30O11/c1-11(17)7-23-15(18)25-12(2)8-21-5-6-22-9-13(3)26-16(19)24-10-14(4)27-20/h11-14,17,20H,5-10H2,1-4H3. The fourth-order valence-corrected chi connectivity index (χ4v) is 1.49. The summed E-state index contributed by atoms with van der Waals surface area (Å²) in [6.07, 6.45) is -4.22. The molecule has 0 aromatic carbocycles. The predicted octanol–water partition coefficient (Wildman–Crippen LogP) is 1.36. The average molecular weight is 398 g/mol. The Bertz CT molecular complexity index is 402. The highest BCUT2D eigenvalue weighted by molar-refractivity contribution is 5.60. The fourth-order valence-electron chi connectivity index (χ4n) is 1.49. The first-order chi connectivity index (χ1) is 12.7. The summed E-state index contributed by atoms with van der Waals surface area (Å²) in [6.45, 7) is 6.78. The Morgan fingerprint density at radius 1 is 0.741 bits per heavy atom. The van der Waals surface area contributed by atoms with Gasteiger partial charge < -0.3 is 33.5 Å². The number of carbonyl (C=O) groups excluding carboxylic acids is 2. The predicted molar refractivity (Wildman–Crippen MR) is 90.3 cm³/mol. The van der Waals surface area contributed by atoms with E-state index in [0.717, 1.165) is 0 Å². The Morgan fingerprint density at radius 3 is 1.59 bits per heavy atom. The Hall–Kier alpha value is -1.66. The van der Waals surface area contributed by atoms with Crippen LogP contribution in [0.3, 0.4) is 0 Å². The number of aliphatic hydroxyl groups excluding tert-OH is 1. The minimum Gasteiger partial charge on any atom is -0.432 e. The minimum absolute atomic E-state index is 0.135. The molecule has 4 atom stereocenters. The number of ether oxygens (including phenoxy) is 6. The Labute approximate surface area is 158 Å². The van der Waals surface area contributed by atoms with Crippen LogP contribution in [0.25, 0.3) is 0 Å². The van der Waals surface area contributed by atoms with Crippen molar-refractivity contribution in [3.8, 4) is 0 Å². The topological polar surface area (TPSA) is 139 Å². The van der Waals surface area contributed by atoms with Crippen molar-refractivity contribution in [1.29, 1.82) is 0 Å². The van der Waals surface area contributed by atoms with E-state index < -0.39 is 36.7 Å². The molecule has 11 heteroatoms. The van der Waals surface area contributed by atoms with Gasteiger partial charge in [-0.2, -0.15) is 0 Å². The molecule has 0 bridgehead atoms. The second-order valence-electron chi connectivity index (χ2n) is 5.89. The van der Waals surface area contributed by atoms with Crippen LogP contribution in [0.1, 0.15) is 27.7 Å². The number of rotatable bonds is 14. The van der Waals surface area contributed by atoms with Gasteiger partial charge in [0.2, 0.25) is 0 Å². The monoisotopic (exact) mass is 398 g/mol. The maximum atomic E-state index is 11.3. The van der Waals surface area contributed by atoms with Crippen molar-refractivity contribution in [2.45, 2.75) is 52.1 Å². The van der Waals surface area contributed by atoms with E-state index in [4.69, 9.17) is 34.0 Å². The molecule has 0 aliphatic carbocycles. The third kappa shape index (κ3) is 16.3. The van der Waals surface area contributed by atoms with Crippen LogP contribution in [-0.4, -0.2) is 86.7 Å². The number of carbonyl (C=O) groups is 2. The molecule has 4 unspecified atom stereocenters. The van der Waals surface area contributed by atoms with E-state index in [1.54, 1.807) is 13.8 Å². The molecule has 27 heavy (non-hydrogen) atoms. The lowest BCUT2D eigenvalue weighted by Crippen LogP contribution is -2.25. The molecular formula is C16H30O11. The van der Waals surface area contributed by atoms with Crippen LogP contribution in [0.5, 0.6) is 0 Å². The smallest absolute Gasteiger partial charge is 0.432 e. The SMILES string of the molecule is CC(O)COC(=O)OC(C)COCCOCC(C)OC(=O)OCC(C)OO. The van der Waals surface area contributed by atoms with E-state index in [1.165, 1.54) is 13.8 Å². The van der Waals surface area contributed by atoms with Gasteiger partial charge in [0.25, 0.3) is 0 Å². The lowest BCUT2D eigenvalue weighted by atomic mass is 10.4. The summed E-state index contributed by atoms with van der Waals surface area (Å²) < 4.78 is 29.8. The summed E-state index contributed by atoms with van der Waals surface area (Å²) >= 11 is 0. The van der Waals surface area contributed by atoms with Crippen molar-refractivity contribution in [3.63, 3.8) is 0 Å². The molecule has 160 valence electrons. The molecule has 0 spiro atoms. The first-order valence-electron chi connectivity index (χ1n) is 8.55. The van der Waals surface area contributed by atoms with Gasteiger partial charge in [0.05, 0.1) is 32.5 Å². The van der Waals surface area contributed by atoms with Crippen molar-refractivity contribution < 1.29 is 53.3 Å². The summed E-state index contributed by atoms with van der Waals surface area (Å²) in [5.41, 5.74) is 0. The van der Waals surface area contributed by atoms with E-state index in [1.807, 2.05) is 0 Å². The molecule has 0 rings (SSSR count). The lowest BCUT2D eigenvalue weighted by Gasteiger charge is -2.15. The highest BCUT2D eigenvalue weighted by atomic mass is 17.1. The van der Waals surface area contributed by atoms with Gasteiger partial charge in [0, 0.05) is 0 Å². The molecule has 0 aliphatic heterocycles. The molecule has 0 fully saturated rings. The normalized spacial score (nSPS) is 15.3. The van der Waals surface area contributed by atoms with Crippen LogP contribution < -0.4 is 0 Å². The number of hydrogen-bond donors (Lipinski definition) is 2. The molecule has 0 saturated carbocycles. The van der Waals surface area contributed by atoms with Crippen LogP contribution in [0.4, 0.5) is 9.59 Å². The summed E-state index contributed by atoms with van der Waals surface area (Å²) in [4.78, 5) is 26.5. The summed E-state index contributed by atoms with van der Waals surface area (Å²) in [5, 5.41) is 17.3. The number of aliphatic hydroxyl groups is 1. The van der Waals surface area contributed by atoms with Gasteiger partial charge in [0.1, 0.15) is 31.5 Å². The van der Waals surface area contributed by atoms with Gasteiger partial charge >= 0.3 is 12.3 Å². The van der Waals surface area contributed by atoms with E-state index in [2.05, 4.69) is 9.62 Å². The first-order valence-corrected chi connectivity index (χ1v) is 8.55. The Kier molecular flexibility index (Phi) is 14.5. The Balaban J connectivity index is 3.61. The van der Waals surface area contributed by atoms with Gasteiger partial charge in [-0.1, -0.05) is 0 Å². The number of hydrogen-bond acceptors (Lipinski definition) is 11. The van der Waals surface area contributed by atoms with E-state index in [9.17, 15) is 9.59 Å². The van der Waals surface area contributed by atoms with Crippen molar-refractivity contribution in [3.05, 3.63) is 0 Å². The summed E-state index contributed by atoms with van der Waals surface area (Å²) in [7, 11) is 0. The molecule has 0 amide bonds. The van der Waals surface area contributed by atoms with Crippen LogP contribution in [0.2, 0.25) is 0 Å². The van der Waals surface area contributed by atoms with E-state index >= 15 is 0 Å². The largest absolute Gasteiger partial charge is 0.508 e. The van der Waals surface area contributed by atoms with Crippen molar-refractivity contribution in [2.24, 2.45) is 0 Å². The van der Waals surface area contributed by atoms with Crippen molar-refractivity contribution in [1.82, 2.24) is 0 Å².